The lowest BCUT2D eigenvalue weighted by molar-refractivity contribution is 0.620. The van der Waals surface area contributed by atoms with Gasteiger partial charge >= 0.3 is 0 Å². The van der Waals surface area contributed by atoms with Crippen LogP contribution < -0.4 is 11.5 Å². The van der Waals surface area contributed by atoms with Crippen LogP contribution in [-0.2, 0) is 0 Å². The molecule has 6 heteroatoms. The van der Waals surface area contributed by atoms with Crippen molar-refractivity contribution in [3.8, 4) is 0 Å². The molecule has 0 saturated carbocycles. The molecule has 0 radical (unpaired) electrons. The highest BCUT2D eigenvalue weighted by Crippen LogP contribution is 2.04. The Hall–Kier alpha value is -0.420. The zero-order valence-electron chi connectivity index (χ0n) is 7.09. The van der Waals surface area contributed by atoms with E-state index in [-0.39, 0.29) is 30.9 Å². The molecule has 0 amide bonds. The molecule has 1 atom stereocenters. The molecule has 0 aliphatic carbocycles. The van der Waals surface area contributed by atoms with Crippen LogP contribution in [-0.4, -0.2) is 16.5 Å². The van der Waals surface area contributed by atoms with Gasteiger partial charge in [0.25, 0.3) is 0 Å². The SMILES string of the molecule is Cl.Cl.NCCC(N)c1ncccn1. The lowest BCUT2D eigenvalue weighted by Gasteiger charge is -2.06. The standard InChI is InChI=1S/C7H12N4.2ClH/c8-3-2-6(9)7-10-4-1-5-11-7;;/h1,4-6H,2-3,8-9H2;2*1H. The molecular formula is C7H14Cl2N4. The number of aromatic nitrogens is 2. The van der Waals surface area contributed by atoms with Gasteiger partial charge in [-0.2, -0.15) is 0 Å². The summed E-state index contributed by atoms with van der Waals surface area (Å²) in [5.41, 5.74) is 11.0. The number of nitrogens with zero attached hydrogens (tertiary/aromatic N) is 2. The Morgan fingerprint density at radius 2 is 1.77 bits per heavy atom. The van der Waals surface area contributed by atoms with Gasteiger partial charge in [-0.3, -0.25) is 0 Å². The molecule has 1 aromatic rings. The molecule has 76 valence electrons. The Morgan fingerprint density at radius 3 is 2.23 bits per heavy atom. The van der Waals surface area contributed by atoms with Crippen molar-refractivity contribution < 1.29 is 0 Å². The van der Waals surface area contributed by atoms with Crippen molar-refractivity contribution in [2.75, 3.05) is 6.54 Å². The van der Waals surface area contributed by atoms with Gasteiger partial charge in [-0.1, -0.05) is 0 Å². The van der Waals surface area contributed by atoms with Crippen molar-refractivity contribution in [3.63, 3.8) is 0 Å². The third kappa shape index (κ3) is 5.00. The molecule has 1 heterocycles. The van der Waals surface area contributed by atoms with E-state index < -0.39 is 0 Å². The number of hydrogen-bond acceptors (Lipinski definition) is 4. The number of halogens is 2. The molecule has 13 heavy (non-hydrogen) atoms. The second-order valence-electron chi connectivity index (χ2n) is 2.29. The molecule has 1 unspecified atom stereocenters. The maximum atomic E-state index is 5.70. The maximum absolute atomic E-state index is 5.70. The van der Waals surface area contributed by atoms with E-state index in [1.807, 2.05) is 0 Å². The molecule has 0 aliphatic rings. The topological polar surface area (TPSA) is 77.8 Å². The fourth-order valence-electron chi connectivity index (χ4n) is 0.811. The number of hydrogen-bond donors (Lipinski definition) is 2. The largest absolute Gasteiger partial charge is 0.330 e. The molecule has 0 bridgehead atoms. The minimum Gasteiger partial charge on any atom is -0.330 e. The van der Waals surface area contributed by atoms with Gasteiger partial charge in [-0.15, -0.1) is 24.8 Å². The molecule has 1 aromatic heterocycles. The Balaban J connectivity index is 0. The van der Waals surface area contributed by atoms with E-state index in [1.165, 1.54) is 0 Å². The first-order valence-electron chi connectivity index (χ1n) is 3.57. The molecule has 0 aliphatic heterocycles. The van der Waals surface area contributed by atoms with Crippen LogP contribution in [0, 0.1) is 0 Å². The average Bonchev–Trinajstić information content (AvgIpc) is 2.07. The Labute approximate surface area is 90.0 Å². The second kappa shape index (κ2) is 8.19. The quantitative estimate of drug-likeness (QED) is 0.792. The molecular weight excluding hydrogens is 211 g/mol. The van der Waals surface area contributed by atoms with Gasteiger partial charge in [0.2, 0.25) is 0 Å². The summed E-state index contributed by atoms with van der Waals surface area (Å²) in [6.07, 6.45) is 4.08. The molecule has 0 aromatic carbocycles. The van der Waals surface area contributed by atoms with Crippen LogP contribution >= 0.6 is 24.8 Å². The molecule has 4 N–H and O–H groups in total. The highest BCUT2D eigenvalue weighted by Gasteiger charge is 2.05. The van der Waals surface area contributed by atoms with Gasteiger partial charge in [0.1, 0.15) is 5.82 Å². The van der Waals surface area contributed by atoms with Crippen LogP contribution in [0.5, 0.6) is 0 Å². The lowest BCUT2D eigenvalue weighted by Crippen LogP contribution is -2.17. The molecule has 0 fully saturated rings. The lowest BCUT2D eigenvalue weighted by atomic mass is 10.2. The monoisotopic (exact) mass is 224 g/mol. The highest BCUT2D eigenvalue weighted by atomic mass is 35.5. The minimum absolute atomic E-state index is 0. The molecule has 0 spiro atoms. The Morgan fingerprint density at radius 1 is 1.23 bits per heavy atom. The molecule has 0 saturated heterocycles. The number of nitrogens with two attached hydrogens (primary N) is 2. The average molecular weight is 225 g/mol. The van der Waals surface area contributed by atoms with Crippen molar-refractivity contribution in [2.24, 2.45) is 11.5 Å². The third-order valence-corrected chi connectivity index (χ3v) is 1.40. The van der Waals surface area contributed by atoms with Crippen LogP contribution in [0.15, 0.2) is 18.5 Å². The third-order valence-electron chi connectivity index (χ3n) is 1.40. The summed E-state index contributed by atoms with van der Waals surface area (Å²) in [7, 11) is 0. The van der Waals surface area contributed by atoms with E-state index in [0.29, 0.717) is 12.4 Å². The van der Waals surface area contributed by atoms with Gasteiger partial charge in [0.05, 0.1) is 6.04 Å². The van der Waals surface area contributed by atoms with E-state index in [2.05, 4.69) is 9.97 Å². The summed E-state index contributed by atoms with van der Waals surface area (Å²) in [6.45, 7) is 0.569. The summed E-state index contributed by atoms with van der Waals surface area (Å²) >= 11 is 0. The zero-order valence-corrected chi connectivity index (χ0v) is 8.72. The van der Waals surface area contributed by atoms with E-state index in [4.69, 9.17) is 11.5 Å². The first-order chi connectivity index (χ1) is 5.34. The summed E-state index contributed by atoms with van der Waals surface area (Å²) in [4.78, 5) is 8.01. The maximum Gasteiger partial charge on any atom is 0.144 e. The first kappa shape index (κ1) is 15.1. The van der Waals surface area contributed by atoms with Gasteiger partial charge in [0, 0.05) is 12.4 Å². The van der Waals surface area contributed by atoms with Crippen LogP contribution in [0.4, 0.5) is 0 Å². The van der Waals surface area contributed by atoms with Crippen molar-refractivity contribution in [3.05, 3.63) is 24.3 Å². The van der Waals surface area contributed by atoms with Crippen molar-refractivity contribution in [2.45, 2.75) is 12.5 Å². The van der Waals surface area contributed by atoms with E-state index in [9.17, 15) is 0 Å². The van der Waals surface area contributed by atoms with Gasteiger partial charge < -0.3 is 11.5 Å². The normalized spacial score (nSPS) is 10.9. The van der Waals surface area contributed by atoms with Crippen molar-refractivity contribution in [1.29, 1.82) is 0 Å². The summed E-state index contributed by atoms with van der Waals surface area (Å²) < 4.78 is 0. The minimum atomic E-state index is -0.124. The predicted molar refractivity (Wildman–Crippen MR) is 57.1 cm³/mol. The fraction of sp³-hybridized carbons (Fsp3) is 0.429. The Bertz CT molecular complexity index is 207. The van der Waals surface area contributed by atoms with Crippen LogP contribution in [0.1, 0.15) is 18.3 Å². The van der Waals surface area contributed by atoms with Crippen molar-refractivity contribution >= 4 is 24.8 Å². The van der Waals surface area contributed by atoms with Crippen LogP contribution in [0.2, 0.25) is 0 Å². The second-order valence-corrected chi connectivity index (χ2v) is 2.29. The highest BCUT2D eigenvalue weighted by molar-refractivity contribution is 5.85. The Kier molecular flexibility index (Phi) is 9.50. The van der Waals surface area contributed by atoms with E-state index >= 15 is 0 Å². The molecule has 4 nitrogen and oxygen atoms in total. The number of rotatable bonds is 3. The zero-order chi connectivity index (χ0) is 8.10. The van der Waals surface area contributed by atoms with Gasteiger partial charge in [-0.25, -0.2) is 9.97 Å². The van der Waals surface area contributed by atoms with Crippen LogP contribution in [0.3, 0.4) is 0 Å². The first-order valence-corrected chi connectivity index (χ1v) is 3.57. The smallest absolute Gasteiger partial charge is 0.144 e. The summed E-state index contributed by atoms with van der Waals surface area (Å²) in [6, 6.07) is 1.64. The van der Waals surface area contributed by atoms with Crippen LogP contribution in [0.25, 0.3) is 0 Å². The predicted octanol–water partition coefficient (Wildman–Crippen LogP) is 0.669. The summed E-state index contributed by atoms with van der Waals surface area (Å²) in [5, 5.41) is 0. The fourth-order valence-corrected chi connectivity index (χ4v) is 0.811. The molecule has 1 rings (SSSR count). The van der Waals surface area contributed by atoms with Crippen molar-refractivity contribution in [1.82, 2.24) is 9.97 Å². The van der Waals surface area contributed by atoms with E-state index in [1.54, 1.807) is 18.5 Å². The summed E-state index contributed by atoms with van der Waals surface area (Å²) in [5.74, 6) is 0.665. The van der Waals surface area contributed by atoms with Gasteiger partial charge in [-0.05, 0) is 19.0 Å². The van der Waals surface area contributed by atoms with Gasteiger partial charge in [0.15, 0.2) is 0 Å². The van der Waals surface area contributed by atoms with E-state index in [0.717, 1.165) is 6.42 Å².